The SMILES string of the molecule is CC.Cc1cccc(C(C)C)c1OC(F)(F)F. The van der Waals surface area contributed by atoms with E-state index in [4.69, 9.17) is 0 Å². The van der Waals surface area contributed by atoms with Crippen molar-refractivity contribution in [3.05, 3.63) is 29.3 Å². The van der Waals surface area contributed by atoms with Crippen LogP contribution in [-0.2, 0) is 0 Å². The molecule has 0 amide bonds. The summed E-state index contributed by atoms with van der Waals surface area (Å²) in [6, 6.07) is 4.99. The van der Waals surface area contributed by atoms with Crippen LogP contribution in [0.3, 0.4) is 0 Å². The van der Waals surface area contributed by atoms with E-state index in [0.29, 0.717) is 11.1 Å². The predicted molar refractivity (Wildman–Crippen MR) is 63.3 cm³/mol. The van der Waals surface area contributed by atoms with Gasteiger partial charge in [0.15, 0.2) is 0 Å². The van der Waals surface area contributed by atoms with Crippen LogP contribution < -0.4 is 4.74 Å². The molecule has 0 aromatic heterocycles. The Hall–Kier alpha value is -1.19. The Balaban J connectivity index is 0.00000121. The number of hydrogen-bond acceptors (Lipinski definition) is 1. The molecule has 1 aromatic rings. The van der Waals surface area contributed by atoms with E-state index in [0.717, 1.165) is 0 Å². The summed E-state index contributed by atoms with van der Waals surface area (Å²) in [6.45, 7) is 9.27. The molecule has 1 aromatic carbocycles. The van der Waals surface area contributed by atoms with Gasteiger partial charge < -0.3 is 4.74 Å². The van der Waals surface area contributed by atoms with E-state index in [1.165, 1.54) is 0 Å². The molecule has 0 atom stereocenters. The van der Waals surface area contributed by atoms with Crippen LogP contribution in [0.5, 0.6) is 5.75 Å². The molecule has 0 aliphatic rings. The predicted octanol–water partition coefficient (Wildman–Crippen LogP) is 5.04. The zero-order valence-corrected chi connectivity index (χ0v) is 10.9. The molecule has 1 nitrogen and oxygen atoms in total. The van der Waals surface area contributed by atoms with Crippen LogP contribution >= 0.6 is 0 Å². The van der Waals surface area contributed by atoms with E-state index in [9.17, 15) is 13.2 Å². The molecule has 0 heterocycles. The first kappa shape index (κ1) is 15.8. The molecule has 0 aliphatic heterocycles. The van der Waals surface area contributed by atoms with Gasteiger partial charge in [0.05, 0.1) is 0 Å². The number of alkyl halides is 3. The van der Waals surface area contributed by atoms with E-state index in [-0.39, 0.29) is 11.7 Å². The third kappa shape index (κ3) is 5.11. The minimum Gasteiger partial charge on any atom is -0.405 e. The standard InChI is InChI=1S/C11H13F3O.C2H6/c1-7(2)9-6-4-5-8(3)10(9)15-11(12,13)14;1-2/h4-7H,1-3H3;1-2H3. The fourth-order valence-electron chi connectivity index (χ4n) is 1.38. The van der Waals surface area contributed by atoms with E-state index >= 15 is 0 Å². The highest BCUT2D eigenvalue weighted by molar-refractivity contribution is 5.42. The summed E-state index contributed by atoms with van der Waals surface area (Å²) < 4.78 is 40.5. The van der Waals surface area contributed by atoms with E-state index in [2.05, 4.69) is 4.74 Å². The Kier molecular flexibility index (Phi) is 6.07. The Morgan fingerprint density at radius 3 is 2.06 bits per heavy atom. The number of benzene rings is 1. The van der Waals surface area contributed by atoms with Gasteiger partial charge in [-0.1, -0.05) is 45.9 Å². The molecule has 0 saturated heterocycles. The minimum atomic E-state index is -4.63. The summed E-state index contributed by atoms with van der Waals surface area (Å²) in [4.78, 5) is 0. The van der Waals surface area contributed by atoms with Crippen molar-refractivity contribution >= 4 is 0 Å². The molecule has 1 rings (SSSR count). The summed E-state index contributed by atoms with van der Waals surface area (Å²) in [5.41, 5.74) is 1.07. The Morgan fingerprint density at radius 1 is 1.12 bits per heavy atom. The molecule has 0 aliphatic carbocycles. The largest absolute Gasteiger partial charge is 0.573 e. The Morgan fingerprint density at radius 2 is 1.65 bits per heavy atom. The van der Waals surface area contributed by atoms with Gasteiger partial charge in [-0.2, -0.15) is 0 Å². The number of aryl methyl sites for hydroxylation is 1. The topological polar surface area (TPSA) is 9.23 Å². The van der Waals surface area contributed by atoms with Crippen molar-refractivity contribution < 1.29 is 17.9 Å². The van der Waals surface area contributed by atoms with Crippen molar-refractivity contribution in [2.24, 2.45) is 0 Å². The van der Waals surface area contributed by atoms with Crippen molar-refractivity contribution in [1.29, 1.82) is 0 Å². The van der Waals surface area contributed by atoms with Gasteiger partial charge in [0.25, 0.3) is 0 Å². The Labute approximate surface area is 101 Å². The third-order valence-corrected chi connectivity index (χ3v) is 2.08. The van der Waals surface area contributed by atoms with Gasteiger partial charge in [-0.05, 0) is 24.0 Å². The molecule has 0 saturated carbocycles. The van der Waals surface area contributed by atoms with Crippen LogP contribution in [0.15, 0.2) is 18.2 Å². The molecule has 0 N–H and O–H groups in total. The first-order valence-electron chi connectivity index (χ1n) is 5.66. The highest BCUT2D eigenvalue weighted by atomic mass is 19.4. The average Bonchev–Trinajstić information content (AvgIpc) is 2.22. The maximum absolute atomic E-state index is 12.1. The molecule has 0 unspecified atom stereocenters. The second kappa shape index (κ2) is 6.52. The van der Waals surface area contributed by atoms with Crippen molar-refractivity contribution in [1.82, 2.24) is 0 Å². The molecule has 98 valence electrons. The van der Waals surface area contributed by atoms with E-state index < -0.39 is 6.36 Å². The maximum atomic E-state index is 12.1. The molecular formula is C13H19F3O. The number of halogens is 3. The molecule has 0 bridgehead atoms. The quantitative estimate of drug-likeness (QED) is 0.712. The summed E-state index contributed by atoms with van der Waals surface area (Å²) in [7, 11) is 0. The second-order valence-corrected chi connectivity index (χ2v) is 3.70. The minimum absolute atomic E-state index is 0.00208. The first-order valence-corrected chi connectivity index (χ1v) is 5.66. The van der Waals surface area contributed by atoms with Crippen LogP contribution in [0.2, 0.25) is 0 Å². The van der Waals surface area contributed by atoms with Crippen LogP contribution in [0.1, 0.15) is 44.7 Å². The lowest BCUT2D eigenvalue weighted by Gasteiger charge is -2.17. The van der Waals surface area contributed by atoms with Crippen LogP contribution in [0, 0.1) is 6.92 Å². The number of hydrogen-bond donors (Lipinski definition) is 0. The van der Waals surface area contributed by atoms with Gasteiger partial charge in [0, 0.05) is 0 Å². The molecular weight excluding hydrogens is 229 g/mol. The fourth-order valence-corrected chi connectivity index (χ4v) is 1.38. The van der Waals surface area contributed by atoms with Gasteiger partial charge in [-0.3, -0.25) is 0 Å². The van der Waals surface area contributed by atoms with Gasteiger partial charge in [0.2, 0.25) is 0 Å². The van der Waals surface area contributed by atoms with Crippen molar-refractivity contribution in [3.63, 3.8) is 0 Å². The number of ether oxygens (including phenoxy) is 1. The van der Waals surface area contributed by atoms with Gasteiger partial charge in [0.1, 0.15) is 5.75 Å². The fraction of sp³-hybridized carbons (Fsp3) is 0.538. The van der Waals surface area contributed by atoms with Crippen LogP contribution in [0.4, 0.5) is 13.2 Å². The van der Waals surface area contributed by atoms with Crippen molar-refractivity contribution in [2.45, 2.75) is 46.9 Å². The number of para-hydroxylation sites is 1. The monoisotopic (exact) mass is 248 g/mol. The molecule has 4 heteroatoms. The molecule has 0 fully saturated rings. The molecule has 0 radical (unpaired) electrons. The lowest BCUT2D eigenvalue weighted by atomic mass is 10.00. The van der Waals surface area contributed by atoms with Gasteiger partial charge >= 0.3 is 6.36 Å². The highest BCUT2D eigenvalue weighted by Gasteiger charge is 2.33. The molecule has 0 spiro atoms. The lowest BCUT2D eigenvalue weighted by molar-refractivity contribution is -0.275. The maximum Gasteiger partial charge on any atom is 0.573 e. The highest BCUT2D eigenvalue weighted by Crippen LogP contribution is 2.33. The number of rotatable bonds is 2. The van der Waals surface area contributed by atoms with Crippen molar-refractivity contribution in [3.8, 4) is 5.75 Å². The summed E-state index contributed by atoms with van der Waals surface area (Å²) in [5, 5.41) is 0. The van der Waals surface area contributed by atoms with Crippen molar-refractivity contribution in [2.75, 3.05) is 0 Å². The smallest absolute Gasteiger partial charge is 0.405 e. The average molecular weight is 248 g/mol. The zero-order chi connectivity index (χ0) is 13.6. The van der Waals surface area contributed by atoms with E-state index in [1.807, 2.05) is 27.7 Å². The van der Waals surface area contributed by atoms with Crippen LogP contribution in [0.25, 0.3) is 0 Å². The van der Waals surface area contributed by atoms with Crippen LogP contribution in [-0.4, -0.2) is 6.36 Å². The molecule has 17 heavy (non-hydrogen) atoms. The van der Waals surface area contributed by atoms with Gasteiger partial charge in [-0.25, -0.2) is 0 Å². The Bertz CT molecular complexity index is 343. The normalized spacial score (nSPS) is 10.9. The second-order valence-electron chi connectivity index (χ2n) is 3.70. The van der Waals surface area contributed by atoms with E-state index in [1.54, 1.807) is 25.1 Å². The summed E-state index contributed by atoms with van der Waals surface area (Å²) in [5.74, 6) is -0.0674. The first-order chi connectivity index (χ1) is 7.81. The summed E-state index contributed by atoms with van der Waals surface area (Å²) >= 11 is 0. The van der Waals surface area contributed by atoms with Gasteiger partial charge in [-0.15, -0.1) is 13.2 Å². The third-order valence-electron chi connectivity index (χ3n) is 2.08. The lowest BCUT2D eigenvalue weighted by Crippen LogP contribution is -2.19. The zero-order valence-electron chi connectivity index (χ0n) is 10.9. The summed E-state index contributed by atoms with van der Waals surface area (Å²) in [6.07, 6.45) is -4.63.